The first-order chi connectivity index (χ1) is 10.5. The molecule has 0 saturated carbocycles. The fourth-order valence-electron chi connectivity index (χ4n) is 2.38. The molecule has 2 N–H and O–H groups in total. The van der Waals surface area contributed by atoms with E-state index in [1.165, 1.54) is 4.90 Å². The molecular weight excluding hydrogens is 306 g/mol. The van der Waals surface area contributed by atoms with Gasteiger partial charge in [-0.25, -0.2) is 0 Å². The number of carbonyl (C=O) groups excluding carboxylic acids is 3. The molecule has 1 saturated heterocycles. The molecule has 0 bridgehead atoms. The summed E-state index contributed by atoms with van der Waals surface area (Å²) in [6.07, 6.45) is -0.0944. The molecule has 2 rings (SSSR count). The number of nitrogens with zero attached hydrogens (tertiary/aromatic N) is 1. The molecule has 1 aromatic carbocycles. The number of hydrogen-bond acceptors (Lipinski definition) is 3. The van der Waals surface area contributed by atoms with Gasteiger partial charge in [0.1, 0.15) is 11.9 Å². The van der Waals surface area contributed by atoms with Crippen LogP contribution in [0.1, 0.15) is 12.0 Å². The minimum absolute atomic E-state index is 0.0944. The van der Waals surface area contributed by atoms with Crippen LogP contribution in [0.3, 0.4) is 0 Å². The van der Waals surface area contributed by atoms with Gasteiger partial charge >= 0.3 is 0 Å². The van der Waals surface area contributed by atoms with Gasteiger partial charge in [0.25, 0.3) is 0 Å². The summed E-state index contributed by atoms with van der Waals surface area (Å²) in [6.45, 7) is 2.61. The van der Waals surface area contributed by atoms with E-state index in [0.29, 0.717) is 18.8 Å². The lowest BCUT2D eigenvalue weighted by Gasteiger charge is -2.34. The average Bonchev–Trinajstić information content (AvgIpc) is 2.51. The van der Waals surface area contributed by atoms with Gasteiger partial charge in [-0.1, -0.05) is 18.2 Å². The molecule has 0 aliphatic carbocycles. The normalized spacial score (nSPS) is 17.8. The first-order valence-corrected chi connectivity index (χ1v) is 7.55. The van der Waals surface area contributed by atoms with Gasteiger partial charge in [0.2, 0.25) is 17.7 Å². The number of para-hydroxylation sites is 1. The Morgan fingerprint density at radius 2 is 2.14 bits per heavy atom. The van der Waals surface area contributed by atoms with E-state index in [2.05, 4.69) is 10.6 Å². The highest BCUT2D eigenvalue weighted by atomic mass is 35.5. The number of amides is 3. The van der Waals surface area contributed by atoms with Crippen LogP contribution < -0.4 is 10.6 Å². The summed E-state index contributed by atoms with van der Waals surface area (Å²) in [6, 6.07) is 6.55. The highest BCUT2D eigenvalue weighted by Crippen LogP contribution is 2.15. The van der Waals surface area contributed by atoms with Crippen LogP contribution in [0.4, 0.5) is 5.69 Å². The molecule has 1 fully saturated rings. The number of nitrogens with one attached hydrogen (secondary N) is 2. The molecule has 7 heteroatoms. The summed E-state index contributed by atoms with van der Waals surface area (Å²) < 4.78 is 0. The second kappa shape index (κ2) is 7.26. The lowest BCUT2D eigenvalue weighted by atomic mass is 10.1. The fourth-order valence-corrected chi connectivity index (χ4v) is 2.54. The van der Waals surface area contributed by atoms with Crippen LogP contribution >= 0.6 is 11.6 Å². The molecule has 6 nitrogen and oxygen atoms in total. The third-order valence-electron chi connectivity index (χ3n) is 3.56. The third kappa shape index (κ3) is 3.76. The predicted molar refractivity (Wildman–Crippen MR) is 83.7 cm³/mol. The monoisotopic (exact) mass is 323 g/mol. The van der Waals surface area contributed by atoms with Crippen molar-refractivity contribution in [3.8, 4) is 0 Å². The fraction of sp³-hybridized carbons (Fsp3) is 0.400. The highest BCUT2D eigenvalue weighted by Gasteiger charge is 2.34. The number of halogens is 1. The number of aryl methyl sites for hydroxylation is 1. The summed E-state index contributed by atoms with van der Waals surface area (Å²) in [5.41, 5.74) is 1.62. The Balaban J connectivity index is 2.06. The molecule has 22 heavy (non-hydrogen) atoms. The van der Waals surface area contributed by atoms with Crippen molar-refractivity contribution in [3.05, 3.63) is 29.8 Å². The lowest BCUT2D eigenvalue weighted by molar-refractivity contribution is -0.143. The SMILES string of the molecule is Cc1ccccc1NC(=O)C[C@@H]1C(=O)NCCN1C(=O)CCl. The molecule has 3 amide bonds. The van der Waals surface area contributed by atoms with Gasteiger partial charge in [0.15, 0.2) is 0 Å². The molecule has 1 heterocycles. The van der Waals surface area contributed by atoms with Crippen molar-refractivity contribution in [3.63, 3.8) is 0 Å². The van der Waals surface area contributed by atoms with Gasteiger partial charge < -0.3 is 15.5 Å². The van der Waals surface area contributed by atoms with E-state index in [4.69, 9.17) is 11.6 Å². The number of benzene rings is 1. The number of alkyl halides is 1. The standard InChI is InChI=1S/C15H18ClN3O3/c1-10-4-2-3-5-11(10)18-13(20)8-12-15(22)17-6-7-19(12)14(21)9-16/h2-5,12H,6-9H2,1H3,(H,17,22)(H,18,20)/t12-/m1/s1. The van der Waals surface area contributed by atoms with Crippen molar-refractivity contribution in [1.29, 1.82) is 0 Å². The zero-order valence-corrected chi connectivity index (χ0v) is 13.0. The largest absolute Gasteiger partial charge is 0.353 e. The van der Waals surface area contributed by atoms with Gasteiger partial charge in [-0.05, 0) is 18.6 Å². The number of anilines is 1. The topological polar surface area (TPSA) is 78.5 Å². The molecule has 0 unspecified atom stereocenters. The van der Waals surface area contributed by atoms with Gasteiger partial charge in [-0.3, -0.25) is 14.4 Å². The van der Waals surface area contributed by atoms with Crippen molar-refractivity contribution in [1.82, 2.24) is 10.2 Å². The van der Waals surface area contributed by atoms with E-state index in [9.17, 15) is 14.4 Å². The van der Waals surface area contributed by atoms with E-state index in [0.717, 1.165) is 5.56 Å². The Morgan fingerprint density at radius 3 is 2.82 bits per heavy atom. The van der Waals surface area contributed by atoms with Crippen LogP contribution in [-0.2, 0) is 14.4 Å². The molecular formula is C15H18ClN3O3. The third-order valence-corrected chi connectivity index (χ3v) is 3.79. The Hall–Kier alpha value is -2.08. The van der Waals surface area contributed by atoms with Crippen molar-refractivity contribution >= 4 is 35.0 Å². The van der Waals surface area contributed by atoms with Crippen LogP contribution in [0.15, 0.2) is 24.3 Å². The molecule has 0 spiro atoms. The second-order valence-corrected chi connectivity index (χ2v) is 5.36. The molecule has 1 aliphatic heterocycles. The maximum atomic E-state index is 12.2. The van der Waals surface area contributed by atoms with E-state index in [1.54, 1.807) is 6.07 Å². The van der Waals surface area contributed by atoms with Gasteiger partial charge in [0, 0.05) is 18.8 Å². The summed E-state index contributed by atoms with van der Waals surface area (Å²) in [5, 5.41) is 5.43. The first-order valence-electron chi connectivity index (χ1n) is 7.01. The molecule has 118 valence electrons. The summed E-state index contributed by atoms with van der Waals surface area (Å²) in [7, 11) is 0. The maximum Gasteiger partial charge on any atom is 0.243 e. The Bertz CT molecular complexity index is 591. The van der Waals surface area contributed by atoms with E-state index in [1.807, 2.05) is 25.1 Å². The summed E-state index contributed by atoms with van der Waals surface area (Å²) in [5.74, 6) is -1.19. The quantitative estimate of drug-likeness (QED) is 0.808. The molecule has 1 atom stereocenters. The van der Waals surface area contributed by atoms with Crippen LogP contribution in [0.25, 0.3) is 0 Å². The Kier molecular flexibility index (Phi) is 5.38. The number of rotatable bonds is 4. The number of piperazine rings is 1. The summed E-state index contributed by atoms with van der Waals surface area (Å²) >= 11 is 5.56. The van der Waals surface area contributed by atoms with Crippen molar-refractivity contribution < 1.29 is 14.4 Å². The average molecular weight is 324 g/mol. The van der Waals surface area contributed by atoms with Crippen molar-refractivity contribution in [2.45, 2.75) is 19.4 Å². The molecule has 1 aromatic rings. The molecule has 1 aliphatic rings. The Labute approximate surface area is 133 Å². The van der Waals surface area contributed by atoms with Crippen LogP contribution in [-0.4, -0.2) is 47.6 Å². The van der Waals surface area contributed by atoms with Crippen molar-refractivity contribution in [2.75, 3.05) is 24.3 Å². The van der Waals surface area contributed by atoms with Gasteiger partial charge in [-0.15, -0.1) is 11.6 Å². The number of hydrogen-bond donors (Lipinski definition) is 2. The van der Waals surface area contributed by atoms with Crippen molar-refractivity contribution in [2.24, 2.45) is 0 Å². The van der Waals surface area contributed by atoms with Gasteiger partial charge in [-0.2, -0.15) is 0 Å². The highest BCUT2D eigenvalue weighted by molar-refractivity contribution is 6.27. The van der Waals surface area contributed by atoms with E-state index in [-0.39, 0.29) is 30.0 Å². The smallest absolute Gasteiger partial charge is 0.243 e. The van der Waals surface area contributed by atoms with Gasteiger partial charge in [0.05, 0.1) is 6.42 Å². The minimum Gasteiger partial charge on any atom is -0.353 e. The lowest BCUT2D eigenvalue weighted by Crippen LogP contribution is -2.58. The second-order valence-electron chi connectivity index (χ2n) is 5.09. The molecule has 0 radical (unpaired) electrons. The van der Waals surface area contributed by atoms with Crippen LogP contribution in [0.5, 0.6) is 0 Å². The van der Waals surface area contributed by atoms with Crippen LogP contribution in [0.2, 0.25) is 0 Å². The zero-order valence-electron chi connectivity index (χ0n) is 12.3. The minimum atomic E-state index is -0.816. The van der Waals surface area contributed by atoms with E-state index >= 15 is 0 Å². The van der Waals surface area contributed by atoms with E-state index < -0.39 is 6.04 Å². The Morgan fingerprint density at radius 1 is 1.41 bits per heavy atom. The maximum absolute atomic E-state index is 12.2. The first kappa shape index (κ1) is 16.3. The predicted octanol–water partition coefficient (Wildman–Crippen LogP) is 0.889. The van der Waals surface area contributed by atoms with Crippen LogP contribution in [0, 0.1) is 6.92 Å². The summed E-state index contributed by atoms with van der Waals surface area (Å²) in [4.78, 5) is 37.3. The number of carbonyl (C=O) groups is 3. The zero-order chi connectivity index (χ0) is 16.1. The molecule has 0 aromatic heterocycles.